The van der Waals surface area contributed by atoms with E-state index in [2.05, 4.69) is 25.3 Å². The Labute approximate surface area is 112 Å². The van der Waals surface area contributed by atoms with Crippen molar-refractivity contribution in [3.63, 3.8) is 0 Å². The lowest BCUT2D eigenvalue weighted by Gasteiger charge is -2.34. The van der Waals surface area contributed by atoms with E-state index in [0.29, 0.717) is 11.5 Å². The van der Waals surface area contributed by atoms with E-state index >= 15 is 0 Å². The summed E-state index contributed by atoms with van der Waals surface area (Å²) in [5.41, 5.74) is 0.634. The van der Waals surface area contributed by atoms with E-state index in [0.717, 1.165) is 12.5 Å². The van der Waals surface area contributed by atoms with Crippen LogP contribution >= 0.6 is 0 Å². The summed E-state index contributed by atoms with van der Waals surface area (Å²) < 4.78 is 0. The van der Waals surface area contributed by atoms with Crippen molar-refractivity contribution in [1.29, 1.82) is 0 Å². The third-order valence-electron chi connectivity index (χ3n) is 3.57. The normalized spacial score (nSPS) is 18.1. The molecule has 0 unspecified atom stereocenters. The largest absolute Gasteiger partial charge is 0.342 e. The molecule has 0 aliphatic carbocycles. The first kappa shape index (κ1) is 15.2. The molecule has 3 heteroatoms. The maximum atomic E-state index is 11.7. The van der Waals surface area contributed by atoms with Crippen molar-refractivity contribution in [2.75, 3.05) is 33.2 Å². The summed E-state index contributed by atoms with van der Waals surface area (Å²) in [7, 11) is 1.89. The molecule has 1 amide bonds. The first-order valence-corrected chi connectivity index (χ1v) is 7.03. The van der Waals surface area contributed by atoms with Gasteiger partial charge in [-0.3, -0.25) is 4.79 Å². The number of likely N-dealkylation sites (N-methyl/N-ethyl adjacent to an activating group) is 1. The molecule has 3 nitrogen and oxygen atoms in total. The number of carbonyl (C=O) groups is 1. The lowest BCUT2D eigenvalue weighted by Crippen LogP contribution is -2.40. The van der Waals surface area contributed by atoms with E-state index < -0.39 is 0 Å². The van der Waals surface area contributed by atoms with Crippen LogP contribution in [0.4, 0.5) is 0 Å². The molecule has 0 radical (unpaired) electrons. The van der Waals surface area contributed by atoms with Gasteiger partial charge in [-0.2, -0.15) is 0 Å². The molecule has 1 aliphatic rings. The molecule has 0 atom stereocenters. The predicted molar refractivity (Wildman–Crippen MR) is 76.5 cm³/mol. The lowest BCUT2D eigenvalue weighted by molar-refractivity contribution is -0.126. The second-order valence-corrected chi connectivity index (χ2v) is 6.10. The van der Waals surface area contributed by atoms with Gasteiger partial charge in [0.15, 0.2) is 0 Å². The van der Waals surface area contributed by atoms with E-state index in [1.807, 2.05) is 11.9 Å². The van der Waals surface area contributed by atoms with Gasteiger partial charge in [-0.15, -0.1) is 0 Å². The number of carbonyl (C=O) groups excluding carboxylic acids is 1. The average molecular weight is 252 g/mol. The highest BCUT2D eigenvalue weighted by Crippen LogP contribution is 2.19. The zero-order valence-electron chi connectivity index (χ0n) is 12.4. The summed E-state index contributed by atoms with van der Waals surface area (Å²) in [5, 5.41) is 0. The fourth-order valence-corrected chi connectivity index (χ4v) is 2.66. The van der Waals surface area contributed by atoms with Gasteiger partial charge >= 0.3 is 0 Å². The zero-order chi connectivity index (χ0) is 13.7. The van der Waals surface area contributed by atoms with Crippen molar-refractivity contribution in [3.8, 4) is 0 Å². The first-order valence-electron chi connectivity index (χ1n) is 7.03. The Balaban J connectivity index is 2.31. The van der Waals surface area contributed by atoms with Gasteiger partial charge < -0.3 is 9.80 Å². The first-order chi connectivity index (χ1) is 8.40. The molecular formula is C15H28N2O. The van der Waals surface area contributed by atoms with Crippen LogP contribution < -0.4 is 0 Å². The van der Waals surface area contributed by atoms with Crippen LogP contribution in [0.5, 0.6) is 0 Å². The summed E-state index contributed by atoms with van der Waals surface area (Å²) in [5.74, 6) is 1.48. The van der Waals surface area contributed by atoms with Gasteiger partial charge in [-0.1, -0.05) is 20.4 Å². The molecule has 18 heavy (non-hydrogen) atoms. The van der Waals surface area contributed by atoms with Crippen LogP contribution in [-0.2, 0) is 4.79 Å². The fourth-order valence-electron chi connectivity index (χ4n) is 2.66. The summed E-state index contributed by atoms with van der Waals surface area (Å²) in [6, 6.07) is 0. The molecule has 0 aromatic carbocycles. The standard InChI is InChI=1S/C15H28N2O/c1-12(2)10-17-8-6-14(7-9-17)11-16(5)15(18)13(3)4/h12,14H,3,6-11H2,1-2,4-5H3. The van der Waals surface area contributed by atoms with Gasteiger partial charge in [0.05, 0.1) is 0 Å². The Hall–Kier alpha value is -0.830. The van der Waals surface area contributed by atoms with Crippen LogP contribution in [0, 0.1) is 11.8 Å². The van der Waals surface area contributed by atoms with Crippen LogP contribution in [-0.4, -0.2) is 48.9 Å². The van der Waals surface area contributed by atoms with Crippen molar-refractivity contribution >= 4 is 5.91 Å². The highest BCUT2D eigenvalue weighted by Gasteiger charge is 2.22. The highest BCUT2D eigenvalue weighted by atomic mass is 16.2. The molecular weight excluding hydrogens is 224 g/mol. The number of hydrogen-bond acceptors (Lipinski definition) is 2. The molecule has 1 fully saturated rings. The molecule has 0 N–H and O–H groups in total. The van der Waals surface area contributed by atoms with Crippen LogP contribution in [0.15, 0.2) is 12.2 Å². The van der Waals surface area contributed by atoms with Gasteiger partial charge in [0, 0.05) is 25.7 Å². The Morgan fingerprint density at radius 2 is 1.94 bits per heavy atom. The maximum absolute atomic E-state index is 11.7. The molecule has 1 aliphatic heterocycles. The minimum atomic E-state index is 0.0830. The van der Waals surface area contributed by atoms with E-state index in [4.69, 9.17) is 0 Å². The maximum Gasteiger partial charge on any atom is 0.248 e. The summed E-state index contributed by atoms with van der Waals surface area (Å²) in [4.78, 5) is 16.1. The van der Waals surface area contributed by atoms with Crippen molar-refractivity contribution in [3.05, 3.63) is 12.2 Å². The zero-order valence-corrected chi connectivity index (χ0v) is 12.4. The monoisotopic (exact) mass is 252 g/mol. The van der Waals surface area contributed by atoms with Crippen LogP contribution in [0.25, 0.3) is 0 Å². The predicted octanol–water partition coefficient (Wildman–Crippen LogP) is 2.39. The van der Waals surface area contributed by atoms with Crippen LogP contribution in [0.1, 0.15) is 33.6 Å². The quantitative estimate of drug-likeness (QED) is 0.701. The molecule has 0 spiro atoms. The third-order valence-corrected chi connectivity index (χ3v) is 3.57. The van der Waals surface area contributed by atoms with E-state index in [1.165, 1.54) is 32.5 Å². The topological polar surface area (TPSA) is 23.6 Å². The molecule has 1 saturated heterocycles. The highest BCUT2D eigenvalue weighted by molar-refractivity contribution is 5.91. The Kier molecular flexibility index (Phi) is 5.86. The molecule has 0 saturated carbocycles. The molecule has 0 bridgehead atoms. The number of likely N-dealkylation sites (tertiary alicyclic amines) is 1. The van der Waals surface area contributed by atoms with Gasteiger partial charge in [-0.05, 0) is 44.7 Å². The minimum Gasteiger partial charge on any atom is -0.342 e. The Bertz CT molecular complexity index is 291. The van der Waals surface area contributed by atoms with E-state index in [-0.39, 0.29) is 5.91 Å². The number of rotatable bonds is 5. The number of hydrogen-bond donors (Lipinski definition) is 0. The molecule has 1 heterocycles. The number of nitrogens with zero attached hydrogens (tertiary/aromatic N) is 2. The number of piperidine rings is 1. The average Bonchev–Trinajstić information content (AvgIpc) is 2.29. The second-order valence-electron chi connectivity index (χ2n) is 6.10. The van der Waals surface area contributed by atoms with Gasteiger partial charge in [0.25, 0.3) is 0 Å². The Morgan fingerprint density at radius 1 is 1.39 bits per heavy atom. The van der Waals surface area contributed by atoms with Crippen LogP contribution in [0.3, 0.4) is 0 Å². The van der Waals surface area contributed by atoms with Crippen molar-refractivity contribution in [2.45, 2.75) is 33.6 Å². The lowest BCUT2D eigenvalue weighted by atomic mass is 9.95. The molecule has 0 aromatic heterocycles. The van der Waals surface area contributed by atoms with E-state index in [9.17, 15) is 4.79 Å². The number of amides is 1. The SMILES string of the molecule is C=C(C)C(=O)N(C)CC1CCN(CC(C)C)CC1. The smallest absolute Gasteiger partial charge is 0.248 e. The Morgan fingerprint density at radius 3 is 2.39 bits per heavy atom. The van der Waals surface area contributed by atoms with Gasteiger partial charge in [0.2, 0.25) is 5.91 Å². The van der Waals surface area contributed by atoms with Gasteiger partial charge in [0.1, 0.15) is 0 Å². The molecule has 104 valence electrons. The molecule has 1 rings (SSSR count). The van der Waals surface area contributed by atoms with Crippen molar-refractivity contribution in [2.24, 2.45) is 11.8 Å². The van der Waals surface area contributed by atoms with Crippen molar-refractivity contribution in [1.82, 2.24) is 9.80 Å². The van der Waals surface area contributed by atoms with E-state index in [1.54, 1.807) is 6.92 Å². The summed E-state index contributed by atoms with van der Waals surface area (Å²) in [6.45, 7) is 14.5. The third kappa shape index (κ3) is 4.81. The summed E-state index contributed by atoms with van der Waals surface area (Å²) >= 11 is 0. The minimum absolute atomic E-state index is 0.0830. The summed E-state index contributed by atoms with van der Waals surface area (Å²) in [6.07, 6.45) is 2.42. The van der Waals surface area contributed by atoms with Gasteiger partial charge in [-0.25, -0.2) is 0 Å². The second kappa shape index (κ2) is 6.93. The molecule has 0 aromatic rings. The van der Waals surface area contributed by atoms with Crippen LogP contribution in [0.2, 0.25) is 0 Å². The fraction of sp³-hybridized carbons (Fsp3) is 0.800. The van der Waals surface area contributed by atoms with Crippen molar-refractivity contribution < 1.29 is 4.79 Å².